The van der Waals surface area contributed by atoms with Crippen LogP contribution in [-0.4, -0.2) is 16.1 Å². The standard InChI is InChI=1S/C13H14BrClN4O/c1-2-3-10-11(16)12(19-18-10)13(20)17-7-4-5-9(15)8(14)6-7/h4-6H,2-3,16H2,1H3,(H,17,20)(H,18,19). The molecule has 0 spiro atoms. The summed E-state index contributed by atoms with van der Waals surface area (Å²) < 4.78 is 0.707. The minimum atomic E-state index is -0.352. The number of carbonyl (C=O) groups is 1. The number of aryl methyl sites for hydroxylation is 1. The van der Waals surface area contributed by atoms with Gasteiger partial charge in [-0.15, -0.1) is 0 Å². The predicted molar refractivity (Wildman–Crippen MR) is 84.1 cm³/mol. The van der Waals surface area contributed by atoms with E-state index in [1.165, 1.54) is 0 Å². The zero-order valence-electron chi connectivity index (χ0n) is 10.8. The third-order valence-corrected chi connectivity index (χ3v) is 3.99. The highest BCUT2D eigenvalue weighted by Gasteiger charge is 2.17. The lowest BCUT2D eigenvalue weighted by Crippen LogP contribution is -2.14. The molecule has 7 heteroatoms. The Morgan fingerprint density at radius 2 is 2.30 bits per heavy atom. The van der Waals surface area contributed by atoms with Gasteiger partial charge in [-0.2, -0.15) is 5.10 Å². The van der Waals surface area contributed by atoms with Crippen LogP contribution in [0.5, 0.6) is 0 Å². The number of carbonyl (C=O) groups excluding carboxylic acids is 1. The summed E-state index contributed by atoms with van der Waals surface area (Å²) in [4.78, 5) is 12.1. The molecule has 1 amide bonds. The van der Waals surface area contributed by atoms with Gasteiger partial charge in [-0.3, -0.25) is 9.89 Å². The summed E-state index contributed by atoms with van der Waals surface area (Å²) in [6, 6.07) is 5.12. The van der Waals surface area contributed by atoms with Crippen molar-refractivity contribution >= 4 is 44.8 Å². The second-order valence-electron chi connectivity index (χ2n) is 4.30. The number of aromatic amines is 1. The molecular formula is C13H14BrClN4O. The third-order valence-electron chi connectivity index (χ3n) is 2.78. The van der Waals surface area contributed by atoms with Gasteiger partial charge in [0.25, 0.3) is 5.91 Å². The Morgan fingerprint density at radius 3 is 2.95 bits per heavy atom. The number of halogens is 2. The number of anilines is 2. The van der Waals surface area contributed by atoms with Crippen LogP contribution in [0.2, 0.25) is 5.02 Å². The van der Waals surface area contributed by atoms with Crippen LogP contribution in [-0.2, 0) is 6.42 Å². The maximum absolute atomic E-state index is 12.1. The first-order chi connectivity index (χ1) is 9.52. The molecule has 0 saturated carbocycles. The summed E-state index contributed by atoms with van der Waals surface area (Å²) in [5.74, 6) is -0.352. The van der Waals surface area contributed by atoms with E-state index in [2.05, 4.69) is 31.4 Å². The van der Waals surface area contributed by atoms with Crippen LogP contribution < -0.4 is 11.1 Å². The summed E-state index contributed by atoms with van der Waals surface area (Å²) in [6.07, 6.45) is 1.69. The minimum absolute atomic E-state index is 0.208. The molecule has 0 unspecified atom stereocenters. The molecule has 0 radical (unpaired) electrons. The van der Waals surface area contributed by atoms with Crippen molar-refractivity contribution in [1.29, 1.82) is 0 Å². The number of rotatable bonds is 4. The molecule has 1 aromatic carbocycles. The zero-order chi connectivity index (χ0) is 14.7. The van der Waals surface area contributed by atoms with E-state index in [9.17, 15) is 4.79 Å². The van der Waals surface area contributed by atoms with Crippen molar-refractivity contribution in [2.75, 3.05) is 11.1 Å². The average molecular weight is 358 g/mol. The molecule has 106 valence electrons. The van der Waals surface area contributed by atoms with Crippen LogP contribution >= 0.6 is 27.5 Å². The van der Waals surface area contributed by atoms with Gasteiger partial charge in [0.15, 0.2) is 5.69 Å². The van der Waals surface area contributed by atoms with Crippen molar-refractivity contribution in [3.63, 3.8) is 0 Å². The highest BCUT2D eigenvalue weighted by Crippen LogP contribution is 2.26. The average Bonchev–Trinajstić information content (AvgIpc) is 2.76. The van der Waals surface area contributed by atoms with Gasteiger partial charge in [0.2, 0.25) is 0 Å². The molecule has 1 aromatic heterocycles. The number of hydrogen-bond donors (Lipinski definition) is 3. The number of H-pyrrole nitrogens is 1. The molecule has 5 nitrogen and oxygen atoms in total. The molecule has 2 rings (SSSR count). The van der Waals surface area contributed by atoms with Gasteiger partial charge in [0.05, 0.1) is 16.4 Å². The van der Waals surface area contributed by atoms with E-state index in [1.807, 2.05) is 6.92 Å². The Labute approximate surface area is 130 Å². The van der Waals surface area contributed by atoms with E-state index in [0.717, 1.165) is 18.5 Å². The van der Waals surface area contributed by atoms with E-state index in [4.69, 9.17) is 17.3 Å². The zero-order valence-corrected chi connectivity index (χ0v) is 13.2. The second kappa shape index (κ2) is 6.28. The topological polar surface area (TPSA) is 83.8 Å². The molecule has 20 heavy (non-hydrogen) atoms. The van der Waals surface area contributed by atoms with Crippen molar-refractivity contribution in [1.82, 2.24) is 10.2 Å². The van der Waals surface area contributed by atoms with E-state index in [1.54, 1.807) is 18.2 Å². The monoisotopic (exact) mass is 356 g/mol. The Hall–Kier alpha value is -1.53. The molecule has 0 aliphatic rings. The predicted octanol–water partition coefficient (Wildman–Crippen LogP) is 3.61. The first kappa shape index (κ1) is 14.9. The number of nitrogens with two attached hydrogens (primary N) is 1. The normalized spacial score (nSPS) is 10.6. The molecule has 0 atom stereocenters. The SMILES string of the molecule is CCCc1[nH]nc(C(=O)Nc2ccc(Cl)c(Br)c2)c1N. The third kappa shape index (κ3) is 3.13. The lowest BCUT2D eigenvalue weighted by atomic mass is 10.2. The number of benzene rings is 1. The molecule has 1 heterocycles. The van der Waals surface area contributed by atoms with Gasteiger partial charge in [0, 0.05) is 10.2 Å². The number of amides is 1. The van der Waals surface area contributed by atoms with Gasteiger partial charge in [0.1, 0.15) is 0 Å². The van der Waals surface area contributed by atoms with E-state index < -0.39 is 0 Å². The van der Waals surface area contributed by atoms with Gasteiger partial charge >= 0.3 is 0 Å². The van der Waals surface area contributed by atoms with Crippen molar-refractivity contribution < 1.29 is 4.79 Å². The fourth-order valence-electron chi connectivity index (χ4n) is 1.76. The number of nitrogens with one attached hydrogen (secondary N) is 2. The van der Waals surface area contributed by atoms with Crippen molar-refractivity contribution in [3.05, 3.63) is 39.1 Å². The fourth-order valence-corrected chi connectivity index (χ4v) is 2.26. The number of nitrogen functional groups attached to an aromatic ring is 1. The molecule has 4 N–H and O–H groups in total. The van der Waals surface area contributed by atoms with E-state index >= 15 is 0 Å². The van der Waals surface area contributed by atoms with Gasteiger partial charge < -0.3 is 11.1 Å². The van der Waals surface area contributed by atoms with Crippen molar-refractivity contribution in [3.8, 4) is 0 Å². The Kier molecular flexibility index (Phi) is 4.67. The number of aromatic nitrogens is 2. The number of nitrogens with zero attached hydrogens (tertiary/aromatic N) is 1. The maximum Gasteiger partial charge on any atom is 0.278 e. The largest absolute Gasteiger partial charge is 0.395 e. The maximum atomic E-state index is 12.1. The van der Waals surface area contributed by atoms with Gasteiger partial charge in [-0.05, 0) is 40.5 Å². The summed E-state index contributed by atoms with van der Waals surface area (Å²) in [7, 11) is 0. The second-order valence-corrected chi connectivity index (χ2v) is 5.56. The number of hydrogen-bond acceptors (Lipinski definition) is 3. The van der Waals surface area contributed by atoms with Crippen LogP contribution in [0.25, 0.3) is 0 Å². The molecule has 0 aliphatic carbocycles. The first-order valence-corrected chi connectivity index (χ1v) is 7.29. The Bertz CT molecular complexity index is 641. The van der Waals surface area contributed by atoms with Crippen LogP contribution in [0.15, 0.2) is 22.7 Å². The van der Waals surface area contributed by atoms with Crippen LogP contribution in [0.3, 0.4) is 0 Å². The quantitative estimate of drug-likeness (QED) is 0.781. The van der Waals surface area contributed by atoms with Crippen LogP contribution in [0.4, 0.5) is 11.4 Å². The molecule has 0 aliphatic heterocycles. The lowest BCUT2D eigenvalue weighted by molar-refractivity contribution is 0.102. The molecule has 0 bridgehead atoms. The van der Waals surface area contributed by atoms with Crippen LogP contribution in [0.1, 0.15) is 29.5 Å². The molecular weight excluding hydrogens is 344 g/mol. The highest BCUT2D eigenvalue weighted by atomic mass is 79.9. The van der Waals surface area contributed by atoms with Crippen LogP contribution in [0, 0.1) is 0 Å². The summed E-state index contributed by atoms with van der Waals surface area (Å²) in [6.45, 7) is 2.03. The summed E-state index contributed by atoms with van der Waals surface area (Å²) in [5, 5.41) is 10.1. The lowest BCUT2D eigenvalue weighted by Gasteiger charge is -2.05. The van der Waals surface area contributed by atoms with Gasteiger partial charge in [-0.1, -0.05) is 24.9 Å². The van der Waals surface area contributed by atoms with Gasteiger partial charge in [-0.25, -0.2) is 0 Å². The Balaban J connectivity index is 2.17. The van der Waals surface area contributed by atoms with E-state index in [0.29, 0.717) is 20.9 Å². The molecule has 2 aromatic rings. The highest BCUT2D eigenvalue weighted by molar-refractivity contribution is 9.10. The minimum Gasteiger partial charge on any atom is -0.395 e. The molecule has 0 fully saturated rings. The summed E-state index contributed by atoms with van der Waals surface area (Å²) in [5.41, 5.74) is 7.92. The molecule has 0 saturated heterocycles. The fraction of sp³-hybridized carbons (Fsp3) is 0.231. The van der Waals surface area contributed by atoms with Crippen molar-refractivity contribution in [2.24, 2.45) is 0 Å². The first-order valence-electron chi connectivity index (χ1n) is 6.12. The van der Waals surface area contributed by atoms with E-state index in [-0.39, 0.29) is 11.6 Å². The Morgan fingerprint density at radius 1 is 1.55 bits per heavy atom. The van der Waals surface area contributed by atoms with Crippen molar-refractivity contribution in [2.45, 2.75) is 19.8 Å². The summed E-state index contributed by atoms with van der Waals surface area (Å²) >= 11 is 9.20. The smallest absolute Gasteiger partial charge is 0.278 e.